The number of nitrogens with one attached hydrogen (secondary N) is 2. The van der Waals surface area contributed by atoms with Gasteiger partial charge in [0.05, 0.1) is 5.69 Å². The minimum atomic E-state index is -0.598. The Labute approximate surface area is 97.3 Å². The molecule has 0 spiro atoms. The monoisotopic (exact) mass is 284 g/mol. The fourth-order valence-electron chi connectivity index (χ4n) is 1.32. The second-order valence-corrected chi connectivity index (χ2v) is 3.98. The lowest BCUT2D eigenvalue weighted by Gasteiger charge is -2.03. The number of rotatable bonds is 1. The SMILES string of the molecule is O=c1cc(-c2ccc(F)cc2Br)[nH]c(=O)[nH]1. The first-order valence-electron chi connectivity index (χ1n) is 4.35. The molecule has 0 bridgehead atoms. The second kappa shape index (κ2) is 4.05. The summed E-state index contributed by atoms with van der Waals surface area (Å²) in [4.78, 5) is 26.7. The van der Waals surface area contributed by atoms with Crippen LogP contribution in [0.4, 0.5) is 4.39 Å². The van der Waals surface area contributed by atoms with Gasteiger partial charge in [-0.2, -0.15) is 0 Å². The summed E-state index contributed by atoms with van der Waals surface area (Å²) < 4.78 is 13.3. The minimum absolute atomic E-state index is 0.334. The molecule has 16 heavy (non-hydrogen) atoms. The summed E-state index contributed by atoms with van der Waals surface area (Å²) in [5, 5.41) is 0. The van der Waals surface area contributed by atoms with Crippen molar-refractivity contribution in [2.24, 2.45) is 0 Å². The van der Waals surface area contributed by atoms with Crippen LogP contribution < -0.4 is 11.2 Å². The van der Waals surface area contributed by atoms with Crippen LogP contribution in [0.3, 0.4) is 0 Å². The Morgan fingerprint density at radius 1 is 1.12 bits per heavy atom. The maximum atomic E-state index is 12.9. The molecule has 0 amide bonds. The van der Waals surface area contributed by atoms with Crippen molar-refractivity contribution >= 4 is 15.9 Å². The van der Waals surface area contributed by atoms with Crippen LogP contribution in [0.1, 0.15) is 0 Å². The van der Waals surface area contributed by atoms with Gasteiger partial charge in [0.25, 0.3) is 5.56 Å². The quantitative estimate of drug-likeness (QED) is 0.836. The van der Waals surface area contributed by atoms with E-state index in [1.807, 2.05) is 0 Å². The molecule has 0 saturated heterocycles. The topological polar surface area (TPSA) is 65.7 Å². The zero-order chi connectivity index (χ0) is 11.7. The van der Waals surface area contributed by atoms with Crippen LogP contribution in [0.25, 0.3) is 11.3 Å². The summed E-state index contributed by atoms with van der Waals surface area (Å²) in [5.74, 6) is -0.400. The molecule has 1 aromatic carbocycles. The van der Waals surface area contributed by atoms with E-state index in [1.54, 1.807) is 0 Å². The second-order valence-electron chi connectivity index (χ2n) is 3.13. The van der Waals surface area contributed by atoms with Gasteiger partial charge in [0.2, 0.25) is 0 Å². The summed E-state index contributed by atoms with van der Waals surface area (Å²) in [5.41, 5.74) is -0.223. The average molecular weight is 285 g/mol. The molecule has 0 fully saturated rings. The third kappa shape index (κ3) is 2.11. The number of H-pyrrole nitrogens is 2. The van der Waals surface area contributed by atoms with E-state index >= 15 is 0 Å². The molecule has 2 rings (SSSR count). The van der Waals surface area contributed by atoms with E-state index in [9.17, 15) is 14.0 Å². The summed E-state index contributed by atoms with van der Waals surface area (Å²) in [7, 11) is 0. The lowest BCUT2D eigenvalue weighted by Crippen LogP contribution is -2.21. The number of benzene rings is 1. The zero-order valence-electron chi connectivity index (χ0n) is 7.88. The molecule has 0 aliphatic carbocycles. The Bertz CT molecular complexity index is 620. The van der Waals surface area contributed by atoms with Crippen molar-refractivity contribution in [3.8, 4) is 11.3 Å². The van der Waals surface area contributed by atoms with Crippen molar-refractivity contribution in [1.82, 2.24) is 9.97 Å². The van der Waals surface area contributed by atoms with Crippen LogP contribution in [-0.2, 0) is 0 Å². The molecule has 0 saturated carbocycles. The predicted octanol–water partition coefficient (Wildman–Crippen LogP) is 1.63. The first kappa shape index (κ1) is 10.8. The molecule has 6 heteroatoms. The van der Waals surface area contributed by atoms with Crippen molar-refractivity contribution in [1.29, 1.82) is 0 Å². The number of aromatic nitrogens is 2. The molecule has 1 aromatic heterocycles. The molecule has 0 radical (unpaired) electrons. The normalized spacial score (nSPS) is 10.4. The van der Waals surface area contributed by atoms with Crippen molar-refractivity contribution in [2.45, 2.75) is 0 Å². The largest absolute Gasteiger partial charge is 0.326 e. The highest BCUT2D eigenvalue weighted by Gasteiger charge is 2.06. The minimum Gasteiger partial charge on any atom is -0.307 e. The van der Waals surface area contributed by atoms with E-state index in [-0.39, 0.29) is 0 Å². The highest BCUT2D eigenvalue weighted by molar-refractivity contribution is 9.10. The van der Waals surface area contributed by atoms with Crippen LogP contribution >= 0.6 is 15.9 Å². The van der Waals surface area contributed by atoms with E-state index in [0.717, 1.165) is 0 Å². The molecule has 2 aromatic rings. The van der Waals surface area contributed by atoms with E-state index in [1.165, 1.54) is 24.3 Å². The standard InChI is InChI=1S/C10H6BrFN2O2/c11-7-3-5(12)1-2-6(7)8-4-9(15)14-10(16)13-8/h1-4H,(H2,13,14,15,16). The Morgan fingerprint density at radius 2 is 1.88 bits per heavy atom. The van der Waals surface area contributed by atoms with Crippen LogP contribution in [0, 0.1) is 5.82 Å². The van der Waals surface area contributed by atoms with E-state index < -0.39 is 17.1 Å². The Hall–Kier alpha value is -1.69. The molecular weight excluding hydrogens is 279 g/mol. The van der Waals surface area contributed by atoms with Crippen molar-refractivity contribution < 1.29 is 4.39 Å². The number of hydrogen-bond donors (Lipinski definition) is 2. The first-order chi connectivity index (χ1) is 7.56. The highest BCUT2D eigenvalue weighted by atomic mass is 79.9. The molecule has 1 heterocycles. The fourth-order valence-corrected chi connectivity index (χ4v) is 1.89. The van der Waals surface area contributed by atoms with Gasteiger partial charge in [-0.3, -0.25) is 9.78 Å². The van der Waals surface area contributed by atoms with Crippen LogP contribution in [0.5, 0.6) is 0 Å². The summed E-state index contributed by atoms with van der Waals surface area (Å²) >= 11 is 3.16. The molecular formula is C10H6BrFN2O2. The summed E-state index contributed by atoms with van der Waals surface area (Å²) in [6.07, 6.45) is 0. The number of aromatic amines is 2. The number of halogens is 2. The van der Waals surface area contributed by atoms with Crippen molar-refractivity contribution in [3.05, 3.63) is 55.4 Å². The van der Waals surface area contributed by atoms with Gasteiger partial charge in [0, 0.05) is 16.1 Å². The summed E-state index contributed by atoms with van der Waals surface area (Å²) in [6.45, 7) is 0. The lowest BCUT2D eigenvalue weighted by molar-refractivity contribution is 0.627. The molecule has 4 nitrogen and oxygen atoms in total. The maximum absolute atomic E-state index is 12.9. The van der Waals surface area contributed by atoms with Crippen LogP contribution in [0.15, 0.2) is 38.3 Å². The lowest BCUT2D eigenvalue weighted by atomic mass is 10.1. The van der Waals surface area contributed by atoms with Gasteiger partial charge in [-0.15, -0.1) is 0 Å². The highest BCUT2D eigenvalue weighted by Crippen LogP contribution is 2.25. The van der Waals surface area contributed by atoms with Crippen molar-refractivity contribution in [3.63, 3.8) is 0 Å². The molecule has 0 aliphatic rings. The van der Waals surface area contributed by atoms with Crippen LogP contribution in [-0.4, -0.2) is 9.97 Å². The van der Waals surface area contributed by atoms with Gasteiger partial charge in [0.15, 0.2) is 0 Å². The van der Waals surface area contributed by atoms with Gasteiger partial charge in [-0.25, -0.2) is 9.18 Å². The van der Waals surface area contributed by atoms with E-state index in [2.05, 4.69) is 25.9 Å². The molecule has 0 aliphatic heterocycles. The molecule has 82 valence electrons. The number of hydrogen-bond acceptors (Lipinski definition) is 2. The van der Waals surface area contributed by atoms with Crippen LogP contribution in [0.2, 0.25) is 0 Å². The van der Waals surface area contributed by atoms with Gasteiger partial charge in [-0.05, 0) is 34.1 Å². The van der Waals surface area contributed by atoms with Gasteiger partial charge < -0.3 is 4.98 Å². The van der Waals surface area contributed by atoms with E-state index in [0.29, 0.717) is 15.7 Å². The van der Waals surface area contributed by atoms with E-state index in [4.69, 9.17) is 0 Å². The molecule has 0 atom stereocenters. The Balaban J connectivity index is 2.67. The van der Waals surface area contributed by atoms with Gasteiger partial charge in [-0.1, -0.05) is 0 Å². The first-order valence-corrected chi connectivity index (χ1v) is 5.14. The van der Waals surface area contributed by atoms with Gasteiger partial charge in [0.1, 0.15) is 5.82 Å². The van der Waals surface area contributed by atoms with Crippen molar-refractivity contribution in [2.75, 3.05) is 0 Å². The molecule has 0 unspecified atom stereocenters. The predicted molar refractivity (Wildman–Crippen MR) is 60.8 cm³/mol. The zero-order valence-corrected chi connectivity index (χ0v) is 9.47. The Kier molecular flexibility index (Phi) is 2.74. The summed E-state index contributed by atoms with van der Waals surface area (Å²) in [6, 6.07) is 5.22. The third-order valence-electron chi connectivity index (χ3n) is 1.98. The Morgan fingerprint density at radius 3 is 2.50 bits per heavy atom. The maximum Gasteiger partial charge on any atom is 0.326 e. The van der Waals surface area contributed by atoms with Gasteiger partial charge >= 0.3 is 5.69 Å². The smallest absolute Gasteiger partial charge is 0.307 e. The third-order valence-corrected chi connectivity index (χ3v) is 2.64. The molecule has 2 N–H and O–H groups in total. The average Bonchev–Trinajstić information content (AvgIpc) is 2.15. The fraction of sp³-hybridized carbons (Fsp3) is 0.